The first-order valence-corrected chi connectivity index (χ1v) is 25.3. The third-order valence-corrected chi connectivity index (χ3v) is 19.8. The van der Waals surface area contributed by atoms with Crippen molar-refractivity contribution in [2.45, 2.75) is 230 Å². The molecule has 3 heterocycles. The van der Waals surface area contributed by atoms with Gasteiger partial charge in [0.15, 0.2) is 18.7 Å². The Bertz CT molecular complexity index is 1930. The van der Waals surface area contributed by atoms with Crippen LogP contribution >= 0.6 is 0 Å². The largest absolute Gasteiger partial charge is 0.479 e. The Morgan fingerprint density at radius 1 is 0.710 bits per heavy atom. The zero-order valence-corrected chi connectivity index (χ0v) is 41.3. The van der Waals surface area contributed by atoms with Crippen LogP contribution < -0.4 is 0 Å². The van der Waals surface area contributed by atoms with Crippen LogP contribution in [0.15, 0.2) is 11.6 Å². The van der Waals surface area contributed by atoms with Crippen molar-refractivity contribution in [3.8, 4) is 0 Å². The Labute approximate surface area is 404 Å². The van der Waals surface area contributed by atoms with E-state index in [0.717, 1.165) is 32.1 Å². The molecule has 0 bridgehead atoms. The predicted octanol–water partition coefficient (Wildman–Crippen LogP) is 1.01. The monoisotopic (exact) mass is 985 g/mol. The molecule has 0 aromatic carbocycles. The zero-order valence-electron chi connectivity index (χ0n) is 41.3. The third kappa shape index (κ3) is 8.46. The van der Waals surface area contributed by atoms with Gasteiger partial charge < -0.3 is 84.6 Å². The van der Waals surface area contributed by atoms with Crippen LogP contribution in [-0.2, 0) is 38.0 Å². The Morgan fingerprint density at radius 3 is 2.01 bits per heavy atom. The second kappa shape index (κ2) is 18.8. The highest BCUT2D eigenvalue weighted by Crippen LogP contribution is 2.76. The summed E-state index contributed by atoms with van der Waals surface area (Å²) in [7, 11) is 0. The van der Waals surface area contributed by atoms with Crippen LogP contribution in [0, 0.1) is 50.2 Å². The molecule has 8 rings (SSSR count). The normalized spacial score (nSPS) is 51.9. The molecule has 3 aliphatic heterocycles. The van der Waals surface area contributed by atoms with E-state index in [1.807, 2.05) is 0 Å². The molecule has 8 aliphatic rings. The quantitative estimate of drug-likeness (QED) is 0.0827. The molecule has 19 nitrogen and oxygen atoms in total. The van der Waals surface area contributed by atoms with Gasteiger partial charge in [-0.2, -0.15) is 0 Å². The van der Waals surface area contributed by atoms with Gasteiger partial charge in [-0.15, -0.1) is 0 Å². The molecule has 4 saturated carbocycles. The lowest BCUT2D eigenvalue weighted by Gasteiger charge is -2.71. The molecule has 0 spiro atoms. The number of aliphatic hydroxyl groups is 10. The van der Waals surface area contributed by atoms with Gasteiger partial charge in [0.25, 0.3) is 0 Å². The van der Waals surface area contributed by atoms with Crippen LogP contribution in [0.1, 0.15) is 126 Å². The molecule has 5 aliphatic carbocycles. The average molecular weight is 985 g/mol. The lowest BCUT2D eigenvalue weighted by atomic mass is 9.33. The van der Waals surface area contributed by atoms with Gasteiger partial charge in [-0.05, 0) is 115 Å². The van der Waals surface area contributed by atoms with E-state index in [0.29, 0.717) is 32.1 Å². The molecule has 7 fully saturated rings. The van der Waals surface area contributed by atoms with Crippen LogP contribution in [-0.4, -0.2) is 179 Å². The predicted molar refractivity (Wildman–Crippen MR) is 240 cm³/mol. The SMILES string of the molecule is CCC(O)C1OC(OC2C(OC3CCC4(C)C(CCC5(C)C4CC=C4C6CC(C)(C)CCC6(C(=O)OC6OC(C(=O)O)C(O)C(O)C6O)CCC45C)C3(C)C)OC(CO)C(O)C2O)C(O)C(O)C1O. The number of ether oxygens (including phenoxy) is 6. The summed E-state index contributed by atoms with van der Waals surface area (Å²) < 4.78 is 36.2. The highest BCUT2D eigenvalue weighted by atomic mass is 16.8. The molecule has 0 amide bonds. The van der Waals surface area contributed by atoms with E-state index < -0.39 is 134 Å². The van der Waals surface area contributed by atoms with E-state index in [1.165, 1.54) is 5.57 Å². The molecule has 24 unspecified atom stereocenters. The summed E-state index contributed by atoms with van der Waals surface area (Å²) in [5.41, 5.74) is -1.11. The van der Waals surface area contributed by atoms with Gasteiger partial charge in [-0.3, -0.25) is 4.79 Å². The van der Waals surface area contributed by atoms with Crippen LogP contribution in [0.5, 0.6) is 0 Å². The maximum absolute atomic E-state index is 14.7. The molecule has 19 heteroatoms. The number of carboxylic acids is 1. The average Bonchev–Trinajstić information content (AvgIpc) is 3.29. The van der Waals surface area contributed by atoms with Crippen LogP contribution in [0.4, 0.5) is 0 Å². The van der Waals surface area contributed by atoms with E-state index in [1.54, 1.807) is 6.92 Å². The van der Waals surface area contributed by atoms with Gasteiger partial charge in [-0.1, -0.05) is 67.0 Å². The minimum atomic E-state index is -1.92. The minimum Gasteiger partial charge on any atom is -0.479 e. The van der Waals surface area contributed by atoms with Gasteiger partial charge in [-0.25, -0.2) is 4.79 Å². The second-order valence-corrected chi connectivity index (χ2v) is 24.2. The number of rotatable bonds is 10. The maximum atomic E-state index is 14.7. The first-order valence-electron chi connectivity index (χ1n) is 25.3. The molecule has 69 heavy (non-hydrogen) atoms. The third-order valence-electron chi connectivity index (χ3n) is 19.8. The molecule has 0 radical (unpaired) electrons. The number of aliphatic hydroxyl groups excluding tert-OH is 10. The van der Waals surface area contributed by atoms with E-state index >= 15 is 0 Å². The Morgan fingerprint density at radius 2 is 1.36 bits per heavy atom. The van der Waals surface area contributed by atoms with Crippen molar-refractivity contribution >= 4 is 11.9 Å². The Balaban J connectivity index is 1.04. The summed E-state index contributed by atoms with van der Waals surface area (Å²) in [4.78, 5) is 26.6. The van der Waals surface area contributed by atoms with E-state index in [-0.39, 0.29) is 45.8 Å². The fourth-order valence-corrected chi connectivity index (χ4v) is 15.4. The number of fused-ring (bicyclic) bond motifs is 7. The van der Waals surface area contributed by atoms with Crippen LogP contribution in [0.3, 0.4) is 0 Å². The molecule has 24 atom stereocenters. The molecule has 0 aromatic heterocycles. The number of carbonyl (C=O) groups excluding carboxylic acids is 1. The van der Waals surface area contributed by atoms with Crippen molar-refractivity contribution in [2.75, 3.05) is 6.61 Å². The summed E-state index contributed by atoms with van der Waals surface area (Å²) in [5, 5.41) is 117. The van der Waals surface area contributed by atoms with Crippen LogP contribution in [0.25, 0.3) is 0 Å². The number of hydrogen-bond donors (Lipinski definition) is 11. The summed E-state index contributed by atoms with van der Waals surface area (Å²) in [6.07, 6.45) is -17.3. The van der Waals surface area contributed by atoms with Gasteiger partial charge in [0.05, 0.1) is 24.2 Å². The number of allylic oxidation sites excluding steroid dienone is 2. The highest BCUT2D eigenvalue weighted by Gasteiger charge is 2.70. The first kappa shape index (κ1) is 53.4. The highest BCUT2D eigenvalue weighted by molar-refractivity contribution is 5.79. The molecule has 0 aromatic rings. The van der Waals surface area contributed by atoms with Crippen molar-refractivity contribution in [1.82, 2.24) is 0 Å². The fourth-order valence-electron chi connectivity index (χ4n) is 15.4. The topological polar surface area (TPSA) is 312 Å². The summed E-state index contributed by atoms with van der Waals surface area (Å²) >= 11 is 0. The van der Waals surface area contributed by atoms with E-state index in [4.69, 9.17) is 28.4 Å². The lowest BCUT2D eigenvalue weighted by Crippen LogP contribution is -2.67. The van der Waals surface area contributed by atoms with Crippen molar-refractivity contribution in [3.05, 3.63) is 11.6 Å². The smallest absolute Gasteiger partial charge is 0.335 e. The van der Waals surface area contributed by atoms with Crippen molar-refractivity contribution < 1.29 is 94.2 Å². The molecular formula is C50H80O19. The Kier molecular flexibility index (Phi) is 14.5. The number of carbonyl (C=O) groups is 2. The zero-order chi connectivity index (χ0) is 50.7. The second-order valence-electron chi connectivity index (χ2n) is 24.2. The lowest BCUT2D eigenvalue weighted by molar-refractivity contribution is -0.380. The summed E-state index contributed by atoms with van der Waals surface area (Å²) in [6, 6.07) is 0. The van der Waals surface area contributed by atoms with Gasteiger partial charge >= 0.3 is 11.9 Å². The molecule has 394 valence electrons. The van der Waals surface area contributed by atoms with Gasteiger partial charge in [0.1, 0.15) is 67.1 Å². The van der Waals surface area contributed by atoms with Crippen molar-refractivity contribution in [3.63, 3.8) is 0 Å². The van der Waals surface area contributed by atoms with Crippen LogP contribution in [0.2, 0.25) is 0 Å². The Hall–Kier alpha value is -1.92. The number of aliphatic carboxylic acids is 1. The van der Waals surface area contributed by atoms with Gasteiger partial charge in [0, 0.05) is 0 Å². The minimum absolute atomic E-state index is 0.114. The maximum Gasteiger partial charge on any atom is 0.335 e. The molecule has 3 saturated heterocycles. The molecule has 11 N–H and O–H groups in total. The van der Waals surface area contributed by atoms with E-state index in [9.17, 15) is 65.8 Å². The number of esters is 1. The van der Waals surface area contributed by atoms with Crippen molar-refractivity contribution in [1.29, 1.82) is 0 Å². The number of hydrogen-bond acceptors (Lipinski definition) is 18. The van der Waals surface area contributed by atoms with Gasteiger partial charge in [0.2, 0.25) is 6.29 Å². The summed E-state index contributed by atoms with van der Waals surface area (Å²) in [5.74, 6) is -2.04. The van der Waals surface area contributed by atoms with E-state index in [2.05, 4.69) is 54.5 Å². The fraction of sp³-hybridized carbons (Fsp3) is 0.920. The first-order chi connectivity index (χ1) is 32.1. The van der Waals surface area contributed by atoms with Crippen molar-refractivity contribution in [2.24, 2.45) is 50.2 Å². The number of carboxylic acid groups (broad SMARTS) is 1. The summed E-state index contributed by atoms with van der Waals surface area (Å²) in [6.45, 7) is 16.9. The standard InChI is InChI=1S/C50H80O19/c1-9-24(52)37-33(57)30(54)35(59)41(66-37)68-39-32(56)29(53)25(21-51)64-43(39)65-28-13-14-47(6)26(46(28,4)5)12-15-49(8)27(47)11-10-22-23-20-45(2,3)16-18-50(23,19-17-48(22,49)7)44(63)69-42-36(60)31(55)34(58)38(67-42)40(61)62/h10,23-39,41-43,51-60H,9,11-21H2,1-8H3,(H,61,62). The molecular weight excluding hydrogens is 905 g/mol.